The van der Waals surface area contributed by atoms with Crippen LogP contribution < -0.4 is 4.74 Å². The van der Waals surface area contributed by atoms with Gasteiger partial charge < -0.3 is 9.47 Å². The second-order valence-corrected chi connectivity index (χ2v) is 4.07. The van der Waals surface area contributed by atoms with Gasteiger partial charge in [-0.1, -0.05) is 5.11 Å². The predicted molar refractivity (Wildman–Crippen MR) is 64.9 cm³/mol. The molecule has 0 amide bonds. The summed E-state index contributed by atoms with van der Waals surface area (Å²) in [5.41, 5.74) is 7.72. The minimum absolute atomic E-state index is 0.0188. The molecule has 0 bridgehead atoms. The van der Waals surface area contributed by atoms with Crippen molar-refractivity contribution in [2.45, 2.75) is 12.0 Å². The topological polar surface area (TPSA) is 101 Å². The maximum atomic E-state index is 12.3. The van der Waals surface area contributed by atoms with Crippen LogP contribution in [0.15, 0.2) is 23.3 Å². The molecule has 0 heterocycles. The van der Waals surface area contributed by atoms with Crippen molar-refractivity contribution in [3.63, 3.8) is 0 Å². The van der Waals surface area contributed by atoms with E-state index in [4.69, 9.17) is 10.3 Å². The number of hydrogen-bond acceptors (Lipinski definition) is 5. The van der Waals surface area contributed by atoms with Crippen LogP contribution in [0.25, 0.3) is 10.4 Å². The number of benzene rings is 1. The second-order valence-electron chi connectivity index (χ2n) is 4.07. The lowest BCUT2D eigenvalue weighted by Crippen LogP contribution is -2.43. The van der Waals surface area contributed by atoms with Crippen molar-refractivity contribution in [1.82, 2.24) is 0 Å². The highest BCUT2D eigenvalue weighted by Gasteiger charge is 2.52. The molecule has 7 heteroatoms. The van der Waals surface area contributed by atoms with Crippen molar-refractivity contribution in [2.24, 2.45) is 5.11 Å². The van der Waals surface area contributed by atoms with E-state index in [1.54, 1.807) is 18.2 Å². The Morgan fingerprint density at radius 3 is 2.79 bits per heavy atom. The molecule has 19 heavy (non-hydrogen) atoms. The van der Waals surface area contributed by atoms with Crippen LogP contribution in [0.5, 0.6) is 5.75 Å². The SMILES string of the molecule is COC(=O)C1(N=[N+]=[N-])Cc2cc(OC)ccc2C1=O. The first kappa shape index (κ1) is 12.9. The lowest BCUT2D eigenvalue weighted by Gasteiger charge is -2.17. The Kier molecular flexibility index (Phi) is 3.14. The van der Waals surface area contributed by atoms with Gasteiger partial charge in [-0.25, -0.2) is 0 Å². The largest absolute Gasteiger partial charge is 0.497 e. The van der Waals surface area contributed by atoms with Gasteiger partial charge in [0.2, 0.25) is 5.54 Å². The number of ketones is 1. The van der Waals surface area contributed by atoms with E-state index in [-0.39, 0.29) is 6.42 Å². The number of fused-ring (bicyclic) bond motifs is 1. The fraction of sp³-hybridized carbons (Fsp3) is 0.333. The predicted octanol–water partition coefficient (Wildman–Crippen LogP) is 1.66. The van der Waals surface area contributed by atoms with Gasteiger partial charge in [0.25, 0.3) is 0 Å². The number of rotatable bonds is 3. The Labute approximate surface area is 108 Å². The molecule has 0 saturated carbocycles. The monoisotopic (exact) mass is 261 g/mol. The van der Waals surface area contributed by atoms with Crippen molar-refractivity contribution >= 4 is 11.8 Å². The van der Waals surface area contributed by atoms with E-state index in [1.807, 2.05) is 0 Å². The third-order valence-electron chi connectivity index (χ3n) is 3.12. The number of methoxy groups -OCH3 is 2. The Bertz CT molecular complexity index is 607. The van der Waals surface area contributed by atoms with Gasteiger partial charge in [0.1, 0.15) is 5.75 Å². The molecule has 1 atom stereocenters. The van der Waals surface area contributed by atoms with Gasteiger partial charge in [-0.3, -0.25) is 9.59 Å². The average Bonchev–Trinajstić information content (AvgIpc) is 2.71. The van der Waals surface area contributed by atoms with Gasteiger partial charge in [-0.2, -0.15) is 0 Å². The van der Waals surface area contributed by atoms with Crippen LogP contribution in [0.3, 0.4) is 0 Å². The van der Waals surface area contributed by atoms with E-state index in [2.05, 4.69) is 14.8 Å². The Balaban J connectivity index is 2.56. The number of esters is 1. The molecule has 1 unspecified atom stereocenters. The van der Waals surface area contributed by atoms with E-state index >= 15 is 0 Å². The number of carbonyl (C=O) groups is 2. The summed E-state index contributed by atoms with van der Waals surface area (Å²) in [5, 5.41) is 3.39. The molecule has 0 N–H and O–H groups in total. The number of hydrogen-bond donors (Lipinski definition) is 0. The summed E-state index contributed by atoms with van der Waals surface area (Å²) in [5.74, 6) is -0.839. The maximum Gasteiger partial charge on any atom is 0.326 e. The molecule has 0 fully saturated rings. The number of nitrogens with zero attached hydrogens (tertiary/aromatic N) is 3. The molecule has 1 aliphatic rings. The first-order valence-electron chi connectivity index (χ1n) is 5.45. The molecule has 1 aromatic rings. The van der Waals surface area contributed by atoms with Crippen LogP contribution in [0.1, 0.15) is 15.9 Å². The summed E-state index contributed by atoms with van der Waals surface area (Å²) in [4.78, 5) is 26.7. The fourth-order valence-corrected chi connectivity index (χ4v) is 2.18. The number of azide groups is 1. The molecule has 1 aromatic carbocycles. The van der Waals surface area contributed by atoms with E-state index in [1.165, 1.54) is 7.11 Å². The van der Waals surface area contributed by atoms with Gasteiger partial charge in [-0.15, -0.1) is 0 Å². The minimum atomic E-state index is -1.84. The second kappa shape index (κ2) is 4.62. The third kappa shape index (κ3) is 1.80. The molecular formula is C12H11N3O4. The van der Waals surface area contributed by atoms with Crippen LogP contribution in [0.2, 0.25) is 0 Å². The zero-order chi connectivity index (χ0) is 14.0. The molecule has 0 radical (unpaired) electrons. The summed E-state index contributed by atoms with van der Waals surface area (Å²) < 4.78 is 9.65. The maximum absolute atomic E-state index is 12.3. The Hall–Kier alpha value is -2.53. The molecule has 0 aliphatic heterocycles. The highest BCUT2D eigenvalue weighted by molar-refractivity contribution is 6.20. The van der Waals surface area contributed by atoms with Gasteiger partial charge in [0.15, 0.2) is 5.78 Å². The normalized spacial score (nSPS) is 20.4. The summed E-state index contributed by atoms with van der Waals surface area (Å²) >= 11 is 0. The molecule has 0 aromatic heterocycles. The van der Waals surface area contributed by atoms with Crippen molar-refractivity contribution in [3.8, 4) is 5.75 Å². The summed E-state index contributed by atoms with van der Waals surface area (Å²) in [7, 11) is 2.65. The summed E-state index contributed by atoms with van der Waals surface area (Å²) in [6, 6.07) is 4.80. The van der Waals surface area contributed by atoms with Crippen LogP contribution in [0, 0.1) is 0 Å². The fourth-order valence-electron chi connectivity index (χ4n) is 2.18. The zero-order valence-electron chi connectivity index (χ0n) is 10.4. The number of ether oxygens (including phenoxy) is 2. The first-order valence-corrected chi connectivity index (χ1v) is 5.45. The van der Waals surface area contributed by atoms with Crippen LogP contribution in [0.4, 0.5) is 0 Å². The van der Waals surface area contributed by atoms with Crippen LogP contribution >= 0.6 is 0 Å². The van der Waals surface area contributed by atoms with E-state index in [0.717, 1.165) is 7.11 Å². The first-order chi connectivity index (χ1) is 9.08. The van der Waals surface area contributed by atoms with Gasteiger partial charge in [-0.05, 0) is 29.3 Å². The summed E-state index contributed by atoms with van der Waals surface area (Å²) in [6.07, 6.45) is -0.0188. The standard InChI is InChI=1S/C12H11N3O4/c1-18-8-3-4-9-7(5-8)6-12(10(9)16,14-15-13)11(17)19-2/h3-5H,6H2,1-2H3. The molecular weight excluding hydrogens is 250 g/mol. The quantitative estimate of drug-likeness (QED) is 0.271. The smallest absolute Gasteiger partial charge is 0.326 e. The Morgan fingerprint density at radius 1 is 1.47 bits per heavy atom. The third-order valence-corrected chi connectivity index (χ3v) is 3.12. The van der Waals surface area contributed by atoms with Gasteiger partial charge in [0.05, 0.1) is 14.2 Å². The molecule has 1 aliphatic carbocycles. The van der Waals surface area contributed by atoms with Crippen molar-refractivity contribution < 1.29 is 19.1 Å². The highest BCUT2D eigenvalue weighted by atomic mass is 16.5. The highest BCUT2D eigenvalue weighted by Crippen LogP contribution is 2.36. The summed E-state index contributed by atoms with van der Waals surface area (Å²) in [6.45, 7) is 0. The minimum Gasteiger partial charge on any atom is -0.497 e. The number of Topliss-reactive ketones (excluding diaryl/α,β-unsaturated/α-hetero) is 1. The lowest BCUT2D eigenvalue weighted by molar-refractivity contribution is -0.144. The van der Waals surface area contributed by atoms with Crippen molar-refractivity contribution in [3.05, 3.63) is 39.8 Å². The molecule has 98 valence electrons. The lowest BCUT2D eigenvalue weighted by atomic mass is 9.96. The van der Waals surface area contributed by atoms with E-state index < -0.39 is 17.3 Å². The van der Waals surface area contributed by atoms with Crippen LogP contribution in [-0.2, 0) is 16.0 Å². The number of carbonyl (C=O) groups excluding carboxylic acids is 2. The Morgan fingerprint density at radius 2 is 2.21 bits per heavy atom. The van der Waals surface area contributed by atoms with E-state index in [0.29, 0.717) is 16.9 Å². The zero-order valence-corrected chi connectivity index (χ0v) is 10.4. The molecule has 0 saturated heterocycles. The molecule has 7 nitrogen and oxygen atoms in total. The average molecular weight is 261 g/mol. The van der Waals surface area contributed by atoms with Crippen molar-refractivity contribution in [2.75, 3.05) is 14.2 Å². The van der Waals surface area contributed by atoms with Gasteiger partial charge >= 0.3 is 5.97 Å². The molecule has 0 spiro atoms. The van der Waals surface area contributed by atoms with Gasteiger partial charge in [0, 0.05) is 16.9 Å². The van der Waals surface area contributed by atoms with E-state index in [9.17, 15) is 9.59 Å². The van der Waals surface area contributed by atoms with Crippen LogP contribution in [-0.4, -0.2) is 31.5 Å². The molecule has 2 rings (SSSR count). The van der Waals surface area contributed by atoms with Crippen molar-refractivity contribution in [1.29, 1.82) is 0 Å².